The Morgan fingerprint density at radius 1 is 1.03 bits per heavy atom. The first-order chi connectivity index (χ1) is 14.5. The van der Waals surface area contributed by atoms with E-state index in [0.717, 1.165) is 44.4 Å². The minimum atomic E-state index is -3.27. The molecular formula is C22H30N4O3S. The summed E-state index contributed by atoms with van der Waals surface area (Å²) in [4.78, 5) is 9.37. The summed E-state index contributed by atoms with van der Waals surface area (Å²) in [5.41, 5.74) is 0.852. The number of guanidine groups is 1. The van der Waals surface area contributed by atoms with Crippen molar-refractivity contribution in [3.63, 3.8) is 0 Å². The lowest BCUT2D eigenvalue weighted by Crippen LogP contribution is -2.52. The molecular weight excluding hydrogens is 400 g/mol. The van der Waals surface area contributed by atoms with E-state index in [9.17, 15) is 13.5 Å². The van der Waals surface area contributed by atoms with Crippen molar-refractivity contribution in [2.45, 2.75) is 18.2 Å². The van der Waals surface area contributed by atoms with Gasteiger partial charge in [0.15, 0.2) is 15.8 Å². The Morgan fingerprint density at radius 3 is 2.37 bits per heavy atom. The van der Waals surface area contributed by atoms with Crippen molar-refractivity contribution >= 4 is 21.5 Å². The first-order valence-corrected chi connectivity index (χ1v) is 12.0. The van der Waals surface area contributed by atoms with Gasteiger partial charge in [0.1, 0.15) is 5.75 Å². The fraction of sp³-hybridized carbons (Fsp3) is 0.409. The molecule has 2 aromatic rings. The lowest BCUT2D eigenvalue weighted by atomic mass is 10.2. The number of benzene rings is 2. The van der Waals surface area contributed by atoms with Crippen molar-refractivity contribution < 1.29 is 13.5 Å². The molecule has 8 heteroatoms. The smallest absolute Gasteiger partial charge is 0.194 e. The van der Waals surface area contributed by atoms with Crippen molar-refractivity contribution in [2.75, 3.05) is 49.9 Å². The number of sulfone groups is 1. The molecule has 2 N–H and O–H groups in total. The lowest BCUT2D eigenvalue weighted by Gasteiger charge is -2.37. The van der Waals surface area contributed by atoms with E-state index in [-0.39, 0.29) is 5.75 Å². The molecule has 0 aliphatic carbocycles. The second-order valence-corrected chi connectivity index (χ2v) is 9.29. The van der Waals surface area contributed by atoms with E-state index in [2.05, 4.69) is 20.1 Å². The minimum absolute atomic E-state index is 0.0843. The fourth-order valence-corrected chi connectivity index (χ4v) is 4.82. The monoisotopic (exact) mass is 430 g/mol. The Balaban J connectivity index is 1.54. The number of aromatic hydroxyl groups is 1. The second-order valence-electron chi connectivity index (χ2n) is 7.18. The quantitative estimate of drug-likeness (QED) is 0.398. The third-order valence-corrected chi connectivity index (χ3v) is 6.89. The largest absolute Gasteiger partial charge is 0.506 e. The standard InChI is InChI=1S/C22H30N4O3S/c1-2-23-22(24-13-8-18-30(28,29)19-9-4-3-5-10-19)26-16-14-25(15-17-26)20-11-6-7-12-21(20)27/h3-7,9-12,27H,2,8,13-18H2,1H3,(H,23,24). The molecule has 1 fully saturated rings. The average molecular weight is 431 g/mol. The topological polar surface area (TPSA) is 85.2 Å². The van der Waals surface area contributed by atoms with Gasteiger partial charge in [0, 0.05) is 39.3 Å². The molecule has 0 aromatic heterocycles. The Morgan fingerprint density at radius 2 is 1.70 bits per heavy atom. The number of phenols is 1. The summed E-state index contributed by atoms with van der Waals surface area (Å²) in [6, 6.07) is 15.9. The predicted molar refractivity (Wildman–Crippen MR) is 121 cm³/mol. The normalized spacial score (nSPS) is 15.3. The molecule has 2 aromatic carbocycles. The molecule has 0 saturated carbocycles. The summed E-state index contributed by atoms with van der Waals surface area (Å²) in [6.45, 7) is 6.35. The molecule has 0 unspecified atom stereocenters. The van der Waals surface area contributed by atoms with Crippen LogP contribution >= 0.6 is 0 Å². The second kappa shape index (κ2) is 10.3. The first kappa shape index (κ1) is 22.0. The molecule has 1 saturated heterocycles. The lowest BCUT2D eigenvalue weighted by molar-refractivity contribution is 0.370. The number of phenolic OH excluding ortho intramolecular Hbond substituents is 1. The molecule has 0 radical (unpaired) electrons. The van der Waals surface area contributed by atoms with Crippen LogP contribution in [0.2, 0.25) is 0 Å². The van der Waals surface area contributed by atoms with E-state index in [4.69, 9.17) is 0 Å². The molecule has 1 aliphatic heterocycles. The van der Waals surface area contributed by atoms with Gasteiger partial charge in [-0.3, -0.25) is 4.99 Å². The number of aliphatic imine (C=N–C) groups is 1. The van der Waals surface area contributed by atoms with Gasteiger partial charge >= 0.3 is 0 Å². The number of hydrogen-bond acceptors (Lipinski definition) is 5. The summed E-state index contributed by atoms with van der Waals surface area (Å²) in [6.07, 6.45) is 0.476. The van der Waals surface area contributed by atoms with Crippen molar-refractivity contribution in [2.24, 2.45) is 4.99 Å². The molecule has 0 atom stereocenters. The SMILES string of the molecule is CCNC(=NCCCS(=O)(=O)c1ccccc1)N1CCN(c2ccccc2O)CC1. The van der Waals surface area contributed by atoms with E-state index in [1.165, 1.54) is 0 Å². The van der Waals surface area contributed by atoms with Crippen LogP contribution in [0, 0.1) is 0 Å². The third-order valence-electron chi connectivity index (χ3n) is 5.07. The molecule has 7 nitrogen and oxygen atoms in total. The van der Waals surface area contributed by atoms with E-state index >= 15 is 0 Å². The minimum Gasteiger partial charge on any atom is -0.506 e. The van der Waals surface area contributed by atoms with Gasteiger partial charge in [0.25, 0.3) is 0 Å². The Hall–Kier alpha value is -2.74. The van der Waals surface area contributed by atoms with Gasteiger partial charge in [-0.1, -0.05) is 30.3 Å². The third kappa shape index (κ3) is 5.66. The van der Waals surface area contributed by atoms with Crippen molar-refractivity contribution in [1.29, 1.82) is 0 Å². The molecule has 1 heterocycles. The molecule has 3 rings (SSSR count). The summed E-state index contributed by atoms with van der Waals surface area (Å²) < 4.78 is 24.8. The van der Waals surface area contributed by atoms with E-state index in [0.29, 0.717) is 23.6 Å². The van der Waals surface area contributed by atoms with Gasteiger partial charge in [0.05, 0.1) is 16.3 Å². The number of nitrogens with one attached hydrogen (secondary N) is 1. The van der Waals surface area contributed by atoms with Crippen LogP contribution in [0.5, 0.6) is 5.75 Å². The van der Waals surface area contributed by atoms with E-state index in [1.807, 2.05) is 31.2 Å². The number of piperazine rings is 1. The van der Waals surface area contributed by atoms with Gasteiger partial charge in [-0.2, -0.15) is 0 Å². The van der Waals surface area contributed by atoms with Crippen LogP contribution in [-0.2, 0) is 9.84 Å². The molecule has 0 amide bonds. The Kier molecular flexibility index (Phi) is 7.57. The van der Waals surface area contributed by atoms with Crippen LogP contribution < -0.4 is 10.2 Å². The first-order valence-electron chi connectivity index (χ1n) is 10.4. The highest BCUT2D eigenvalue weighted by molar-refractivity contribution is 7.91. The predicted octanol–water partition coefficient (Wildman–Crippen LogP) is 2.34. The highest BCUT2D eigenvalue weighted by Gasteiger charge is 2.21. The average Bonchev–Trinajstić information content (AvgIpc) is 2.77. The van der Waals surface area contributed by atoms with E-state index in [1.54, 1.807) is 30.3 Å². The van der Waals surface area contributed by atoms with Crippen molar-refractivity contribution in [3.05, 3.63) is 54.6 Å². The van der Waals surface area contributed by atoms with Gasteiger partial charge < -0.3 is 20.2 Å². The zero-order valence-electron chi connectivity index (χ0n) is 17.4. The van der Waals surface area contributed by atoms with Crippen molar-refractivity contribution in [1.82, 2.24) is 10.2 Å². The maximum absolute atomic E-state index is 12.4. The molecule has 0 spiro atoms. The van der Waals surface area contributed by atoms with Gasteiger partial charge in [-0.15, -0.1) is 0 Å². The fourth-order valence-electron chi connectivity index (χ4n) is 3.50. The Labute approximate surface area is 179 Å². The molecule has 0 bridgehead atoms. The Bertz CT molecular complexity index is 940. The number of nitrogens with zero attached hydrogens (tertiary/aromatic N) is 3. The number of hydrogen-bond donors (Lipinski definition) is 2. The van der Waals surface area contributed by atoms with Crippen LogP contribution in [0.1, 0.15) is 13.3 Å². The van der Waals surface area contributed by atoms with Crippen LogP contribution in [0.3, 0.4) is 0 Å². The number of rotatable bonds is 7. The van der Waals surface area contributed by atoms with Crippen LogP contribution in [0.25, 0.3) is 0 Å². The maximum Gasteiger partial charge on any atom is 0.194 e. The summed E-state index contributed by atoms with van der Waals surface area (Å²) >= 11 is 0. The zero-order valence-corrected chi connectivity index (χ0v) is 18.2. The zero-order chi connectivity index (χ0) is 21.4. The summed E-state index contributed by atoms with van der Waals surface area (Å²) in [5.74, 6) is 1.19. The van der Waals surface area contributed by atoms with Gasteiger partial charge in [-0.05, 0) is 37.6 Å². The summed E-state index contributed by atoms with van der Waals surface area (Å²) in [7, 11) is -3.27. The highest BCUT2D eigenvalue weighted by Crippen LogP contribution is 2.27. The van der Waals surface area contributed by atoms with Crippen LogP contribution in [-0.4, -0.2) is 69.4 Å². The molecule has 1 aliphatic rings. The van der Waals surface area contributed by atoms with Gasteiger partial charge in [-0.25, -0.2) is 8.42 Å². The number of anilines is 1. The van der Waals surface area contributed by atoms with E-state index < -0.39 is 9.84 Å². The summed E-state index contributed by atoms with van der Waals surface area (Å²) in [5, 5.41) is 13.4. The van der Waals surface area contributed by atoms with Crippen LogP contribution in [0.4, 0.5) is 5.69 Å². The van der Waals surface area contributed by atoms with Gasteiger partial charge in [0.2, 0.25) is 0 Å². The van der Waals surface area contributed by atoms with Crippen LogP contribution in [0.15, 0.2) is 64.5 Å². The number of para-hydroxylation sites is 2. The molecule has 162 valence electrons. The highest BCUT2D eigenvalue weighted by atomic mass is 32.2. The molecule has 30 heavy (non-hydrogen) atoms. The maximum atomic E-state index is 12.4. The van der Waals surface area contributed by atoms with Crippen molar-refractivity contribution in [3.8, 4) is 5.75 Å².